The number of carboxylic acids is 1. The summed E-state index contributed by atoms with van der Waals surface area (Å²) in [4.78, 5) is 26.2. The molecule has 0 bridgehead atoms. The molecule has 1 heterocycles. The first-order valence-corrected chi connectivity index (χ1v) is 5.96. The Balaban J connectivity index is 2.43. The van der Waals surface area contributed by atoms with Crippen LogP contribution in [0.1, 0.15) is 45.5 Å². The van der Waals surface area contributed by atoms with Crippen molar-refractivity contribution in [2.75, 3.05) is 0 Å². The predicted molar refractivity (Wildman–Crippen MR) is 67.4 cm³/mol. The number of carbonyl (C=O) groups excluding carboxylic acids is 1. The van der Waals surface area contributed by atoms with Crippen LogP contribution in [0.25, 0.3) is 0 Å². The monoisotopic (exact) mass is 269 g/mol. The summed E-state index contributed by atoms with van der Waals surface area (Å²) < 4.78 is 0. The number of aliphatic carboxylic acids is 1. The van der Waals surface area contributed by atoms with E-state index >= 15 is 0 Å². The highest BCUT2D eigenvalue weighted by molar-refractivity contribution is 5.75. The number of urea groups is 1. The molecule has 4 N–H and O–H groups in total. The maximum atomic E-state index is 11.8. The van der Waals surface area contributed by atoms with Crippen LogP contribution in [0.4, 0.5) is 4.79 Å². The Morgan fingerprint density at radius 1 is 1.53 bits per heavy atom. The molecule has 1 aromatic heterocycles. The lowest BCUT2D eigenvalue weighted by molar-refractivity contribution is -0.137. The van der Waals surface area contributed by atoms with Crippen molar-refractivity contribution in [1.29, 1.82) is 0 Å². The van der Waals surface area contributed by atoms with Crippen LogP contribution in [0.2, 0.25) is 0 Å². The predicted octanol–water partition coefficient (Wildman–Crippen LogP) is 0.808. The summed E-state index contributed by atoms with van der Waals surface area (Å²) in [7, 11) is 0. The van der Waals surface area contributed by atoms with Crippen molar-refractivity contribution in [2.24, 2.45) is 0 Å². The number of rotatable bonds is 6. The molecular formula is C11H19N5O3. The van der Waals surface area contributed by atoms with Crippen LogP contribution >= 0.6 is 0 Å². The van der Waals surface area contributed by atoms with Gasteiger partial charge in [0.1, 0.15) is 12.2 Å². The Hall–Kier alpha value is -2.12. The molecule has 0 saturated carbocycles. The summed E-state index contributed by atoms with van der Waals surface area (Å²) in [5, 5.41) is 20.4. The lowest BCUT2D eigenvalue weighted by Gasteiger charge is -2.26. The topological polar surface area (TPSA) is 120 Å². The number of nitrogens with one attached hydrogen (secondary N) is 3. The summed E-state index contributed by atoms with van der Waals surface area (Å²) in [5.74, 6) is -0.330. The summed E-state index contributed by atoms with van der Waals surface area (Å²) in [5.41, 5.74) is -0.594. The van der Waals surface area contributed by atoms with Gasteiger partial charge < -0.3 is 15.7 Å². The van der Waals surface area contributed by atoms with E-state index in [1.54, 1.807) is 20.8 Å². The first-order chi connectivity index (χ1) is 8.80. The zero-order valence-corrected chi connectivity index (χ0v) is 11.2. The molecular weight excluding hydrogens is 250 g/mol. The van der Waals surface area contributed by atoms with E-state index in [0.29, 0.717) is 12.2 Å². The lowest BCUT2D eigenvalue weighted by Crippen LogP contribution is -2.49. The lowest BCUT2D eigenvalue weighted by atomic mass is 9.99. The fourth-order valence-electron chi connectivity index (χ4n) is 1.51. The van der Waals surface area contributed by atoms with Gasteiger partial charge in [-0.15, -0.1) is 0 Å². The van der Waals surface area contributed by atoms with E-state index in [9.17, 15) is 9.59 Å². The number of hydrogen-bond donors (Lipinski definition) is 4. The molecule has 0 aliphatic rings. The third-order valence-corrected chi connectivity index (χ3v) is 2.61. The van der Waals surface area contributed by atoms with E-state index < -0.39 is 11.5 Å². The van der Waals surface area contributed by atoms with Crippen LogP contribution in [0, 0.1) is 0 Å². The first kappa shape index (κ1) is 14.9. The molecule has 0 saturated heterocycles. The van der Waals surface area contributed by atoms with E-state index in [1.165, 1.54) is 6.33 Å². The van der Waals surface area contributed by atoms with E-state index in [-0.39, 0.29) is 18.5 Å². The molecule has 1 unspecified atom stereocenters. The van der Waals surface area contributed by atoms with Crippen LogP contribution in [-0.2, 0) is 4.79 Å². The summed E-state index contributed by atoms with van der Waals surface area (Å²) in [6.07, 6.45) is 1.72. The van der Waals surface area contributed by atoms with Crippen molar-refractivity contribution < 1.29 is 14.7 Å². The maximum Gasteiger partial charge on any atom is 0.315 e. The van der Waals surface area contributed by atoms with Crippen LogP contribution in [0.15, 0.2) is 6.33 Å². The van der Waals surface area contributed by atoms with Crippen molar-refractivity contribution in [3.63, 3.8) is 0 Å². The van der Waals surface area contributed by atoms with Crippen molar-refractivity contribution in [1.82, 2.24) is 25.8 Å². The number of aromatic amines is 1. The average molecular weight is 269 g/mol. The van der Waals surface area contributed by atoms with Crippen LogP contribution < -0.4 is 10.6 Å². The van der Waals surface area contributed by atoms with Crippen molar-refractivity contribution in [3.8, 4) is 0 Å². The Labute approximate surface area is 111 Å². The molecule has 0 aromatic carbocycles. The molecule has 0 aliphatic carbocycles. The molecule has 0 spiro atoms. The zero-order valence-electron chi connectivity index (χ0n) is 11.2. The van der Waals surface area contributed by atoms with Crippen LogP contribution in [0.5, 0.6) is 0 Å². The molecule has 8 nitrogen and oxygen atoms in total. The Bertz CT molecular complexity index is 430. The van der Waals surface area contributed by atoms with Gasteiger partial charge in [-0.1, -0.05) is 0 Å². The second-order valence-electron chi connectivity index (χ2n) is 4.97. The number of aromatic nitrogens is 3. The second kappa shape index (κ2) is 6.17. The van der Waals surface area contributed by atoms with Gasteiger partial charge in [0.2, 0.25) is 0 Å². The van der Waals surface area contributed by atoms with E-state index in [2.05, 4.69) is 25.8 Å². The van der Waals surface area contributed by atoms with Crippen LogP contribution in [0.3, 0.4) is 0 Å². The van der Waals surface area contributed by atoms with E-state index in [1.807, 2.05) is 0 Å². The molecule has 106 valence electrons. The van der Waals surface area contributed by atoms with Gasteiger partial charge in [0.25, 0.3) is 0 Å². The van der Waals surface area contributed by atoms with Gasteiger partial charge in [-0.3, -0.25) is 9.89 Å². The standard InChI is InChI=1S/C11H19N5O3/c1-7(9-12-6-13-16-9)14-10(19)15-11(2,3)5-4-8(17)18/h6-7H,4-5H2,1-3H3,(H,17,18)(H,12,13,16)(H2,14,15,19). The number of hydrogen-bond acceptors (Lipinski definition) is 4. The number of amides is 2. The third-order valence-electron chi connectivity index (χ3n) is 2.61. The van der Waals surface area contributed by atoms with Gasteiger partial charge >= 0.3 is 12.0 Å². The van der Waals surface area contributed by atoms with Gasteiger partial charge in [-0.25, -0.2) is 9.78 Å². The summed E-state index contributed by atoms with van der Waals surface area (Å²) in [6, 6.07) is -0.683. The molecule has 0 aliphatic heterocycles. The molecule has 1 rings (SSSR count). The van der Waals surface area contributed by atoms with Crippen molar-refractivity contribution in [2.45, 2.75) is 45.2 Å². The number of carbonyl (C=O) groups is 2. The van der Waals surface area contributed by atoms with Gasteiger partial charge in [0.05, 0.1) is 6.04 Å². The largest absolute Gasteiger partial charge is 0.481 e. The van der Waals surface area contributed by atoms with Gasteiger partial charge in [0, 0.05) is 12.0 Å². The highest BCUT2D eigenvalue weighted by Crippen LogP contribution is 2.11. The number of carboxylic acid groups (broad SMARTS) is 1. The highest BCUT2D eigenvalue weighted by Gasteiger charge is 2.22. The van der Waals surface area contributed by atoms with Gasteiger partial charge in [-0.05, 0) is 27.2 Å². The quantitative estimate of drug-likeness (QED) is 0.609. The molecule has 8 heteroatoms. The third kappa shape index (κ3) is 5.36. The van der Waals surface area contributed by atoms with Gasteiger partial charge in [-0.2, -0.15) is 5.10 Å². The highest BCUT2D eigenvalue weighted by atomic mass is 16.4. The Morgan fingerprint density at radius 2 is 2.21 bits per heavy atom. The molecule has 1 atom stereocenters. The maximum absolute atomic E-state index is 11.8. The zero-order chi connectivity index (χ0) is 14.5. The SMILES string of the molecule is CC(NC(=O)NC(C)(C)CCC(=O)O)c1ncn[nH]1. The van der Waals surface area contributed by atoms with E-state index in [4.69, 9.17) is 5.11 Å². The van der Waals surface area contributed by atoms with Gasteiger partial charge in [0.15, 0.2) is 0 Å². The number of H-pyrrole nitrogens is 1. The smallest absolute Gasteiger partial charge is 0.315 e. The minimum atomic E-state index is -0.884. The fraction of sp³-hybridized carbons (Fsp3) is 0.636. The summed E-state index contributed by atoms with van der Waals surface area (Å²) in [6.45, 7) is 5.31. The van der Waals surface area contributed by atoms with Crippen molar-refractivity contribution in [3.05, 3.63) is 12.2 Å². The van der Waals surface area contributed by atoms with Crippen LogP contribution in [-0.4, -0.2) is 37.8 Å². The molecule has 0 fully saturated rings. The molecule has 1 aromatic rings. The minimum absolute atomic E-state index is 0.00490. The first-order valence-electron chi connectivity index (χ1n) is 5.96. The summed E-state index contributed by atoms with van der Waals surface area (Å²) >= 11 is 0. The second-order valence-corrected chi connectivity index (χ2v) is 4.97. The Morgan fingerprint density at radius 3 is 2.74 bits per heavy atom. The normalized spacial score (nSPS) is 12.8. The fourth-order valence-corrected chi connectivity index (χ4v) is 1.51. The molecule has 0 radical (unpaired) electrons. The molecule has 19 heavy (non-hydrogen) atoms. The average Bonchev–Trinajstić information content (AvgIpc) is 2.79. The minimum Gasteiger partial charge on any atom is -0.481 e. The Kier molecular flexibility index (Phi) is 4.85. The van der Waals surface area contributed by atoms with E-state index in [0.717, 1.165) is 0 Å². The molecule has 2 amide bonds. The number of nitrogens with zero attached hydrogens (tertiary/aromatic N) is 2. The van der Waals surface area contributed by atoms with Crippen molar-refractivity contribution >= 4 is 12.0 Å².